The Morgan fingerprint density at radius 2 is 1.87 bits per heavy atom. The second-order valence-electron chi connectivity index (χ2n) is 3.74. The number of Topliss-reactive ketones (excluding diaryl/α,β-unsaturated/α-hetero) is 1. The van der Waals surface area contributed by atoms with Crippen molar-refractivity contribution in [3.63, 3.8) is 0 Å². The average Bonchev–Trinajstić information content (AvgIpc) is 2.64. The van der Waals surface area contributed by atoms with E-state index in [-0.39, 0.29) is 11.7 Å². The number of rotatable bonds is 0. The number of fused-ring (bicyclic) bond motifs is 3. The summed E-state index contributed by atoms with van der Waals surface area (Å²) in [5.74, 6) is 0.0802. The topological polar surface area (TPSA) is 39.1 Å². The molecule has 0 saturated carbocycles. The molecule has 1 aromatic heterocycles. The number of hydrogen-bond donors (Lipinski definition) is 0. The van der Waals surface area contributed by atoms with Crippen molar-refractivity contribution in [1.29, 1.82) is 0 Å². The molecule has 0 unspecified atom stereocenters. The van der Waals surface area contributed by atoms with Gasteiger partial charge in [0.15, 0.2) is 5.78 Å². The molecule has 2 aromatic rings. The van der Waals surface area contributed by atoms with Crippen LogP contribution in [0, 0.1) is 0 Å². The third-order valence-electron chi connectivity index (χ3n) is 2.81. The number of carbonyl (C=O) groups excluding carboxylic acids is 2. The van der Waals surface area contributed by atoms with Crippen molar-refractivity contribution in [3.05, 3.63) is 36.0 Å². The molecule has 0 amide bonds. The zero-order valence-corrected chi connectivity index (χ0v) is 8.06. The molecule has 3 rings (SSSR count). The van der Waals surface area contributed by atoms with Crippen LogP contribution in [0.5, 0.6) is 0 Å². The normalized spacial score (nSPS) is 15.7. The van der Waals surface area contributed by atoms with Crippen molar-refractivity contribution in [2.75, 3.05) is 0 Å². The van der Waals surface area contributed by atoms with Crippen LogP contribution in [0.1, 0.15) is 28.1 Å². The molecule has 0 atom stereocenters. The first kappa shape index (κ1) is 8.41. The van der Waals surface area contributed by atoms with Crippen LogP contribution in [0.25, 0.3) is 10.9 Å². The van der Waals surface area contributed by atoms with Crippen molar-refractivity contribution in [2.24, 2.45) is 0 Å². The lowest BCUT2D eigenvalue weighted by atomic mass is 10.1. The molecule has 0 bridgehead atoms. The van der Waals surface area contributed by atoms with Gasteiger partial charge in [-0.3, -0.25) is 14.2 Å². The zero-order valence-electron chi connectivity index (χ0n) is 8.06. The molecule has 0 radical (unpaired) electrons. The molecule has 0 fully saturated rings. The largest absolute Gasteiger partial charge is 0.293 e. The molecule has 0 spiro atoms. The van der Waals surface area contributed by atoms with Gasteiger partial charge in [0.2, 0.25) is 5.91 Å². The number of hydrogen-bond acceptors (Lipinski definition) is 2. The number of benzene rings is 1. The van der Waals surface area contributed by atoms with E-state index in [1.54, 1.807) is 10.6 Å². The molecule has 1 aromatic carbocycles. The molecular formula is C12H9NO2. The van der Waals surface area contributed by atoms with E-state index in [1.807, 2.05) is 24.3 Å². The molecule has 74 valence electrons. The number of para-hydroxylation sites is 1. The summed E-state index contributed by atoms with van der Waals surface area (Å²) in [6.45, 7) is 0. The molecule has 1 aliphatic rings. The molecule has 0 N–H and O–H groups in total. The van der Waals surface area contributed by atoms with E-state index in [2.05, 4.69) is 0 Å². The average molecular weight is 199 g/mol. The monoisotopic (exact) mass is 199 g/mol. The lowest BCUT2D eigenvalue weighted by Gasteiger charge is -2.12. The summed E-state index contributed by atoms with van der Waals surface area (Å²) >= 11 is 0. The summed E-state index contributed by atoms with van der Waals surface area (Å²) in [6, 6.07) is 9.37. The van der Waals surface area contributed by atoms with Crippen LogP contribution in [0.2, 0.25) is 0 Å². The van der Waals surface area contributed by atoms with Crippen LogP contribution >= 0.6 is 0 Å². The lowest BCUT2D eigenvalue weighted by molar-refractivity contribution is 0.0821. The van der Waals surface area contributed by atoms with Gasteiger partial charge in [-0.2, -0.15) is 0 Å². The minimum Gasteiger partial charge on any atom is -0.293 e. The summed E-state index contributed by atoms with van der Waals surface area (Å²) in [7, 11) is 0. The molecular weight excluding hydrogens is 190 g/mol. The number of nitrogens with zero attached hydrogens (tertiary/aromatic N) is 1. The van der Waals surface area contributed by atoms with Crippen molar-refractivity contribution < 1.29 is 9.59 Å². The maximum atomic E-state index is 11.7. The summed E-state index contributed by atoms with van der Waals surface area (Å²) in [4.78, 5) is 23.3. The first-order valence-corrected chi connectivity index (χ1v) is 4.94. The summed E-state index contributed by atoms with van der Waals surface area (Å²) in [5, 5.41) is 0.955. The zero-order chi connectivity index (χ0) is 10.4. The van der Waals surface area contributed by atoms with E-state index in [9.17, 15) is 9.59 Å². The molecule has 0 aliphatic carbocycles. The van der Waals surface area contributed by atoms with Gasteiger partial charge in [-0.15, -0.1) is 0 Å². The molecule has 0 saturated heterocycles. The van der Waals surface area contributed by atoms with Gasteiger partial charge in [0, 0.05) is 18.2 Å². The Labute approximate surface area is 86.3 Å². The van der Waals surface area contributed by atoms with E-state index in [0.717, 1.165) is 10.9 Å². The Kier molecular flexibility index (Phi) is 1.57. The molecule has 3 heteroatoms. The van der Waals surface area contributed by atoms with Crippen LogP contribution < -0.4 is 0 Å². The van der Waals surface area contributed by atoms with Gasteiger partial charge in [-0.1, -0.05) is 18.2 Å². The second-order valence-corrected chi connectivity index (χ2v) is 3.74. The fourth-order valence-corrected chi connectivity index (χ4v) is 2.09. The highest BCUT2D eigenvalue weighted by Gasteiger charge is 2.24. The van der Waals surface area contributed by atoms with E-state index in [0.29, 0.717) is 18.5 Å². The highest BCUT2D eigenvalue weighted by Crippen LogP contribution is 2.24. The van der Waals surface area contributed by atoms with Gasteiger partial charge < -0.3 is 0 Å². The van der Waals surface area contributed by atoms with Crippen LogP contribution in [0.15, 0.2) is 30.3 Å². The fraction of sp³-hybridized carbons (Fsp3) is 0.167. The van der Waals surface area contributed by atoms with Gasteiger partial charge in [-0.05, 0) is 12.1 Å². The van der Waals surface area contributed by atoms with Gasteiger partial charge in [0.05, 0.1) is 11.2 Å². The van der Waals surface area contributed by atoms with E-state index in [1.165, 1.54) is 0 Å². The Morgan fingerprint density at radius 3 is 2.73 bits per heavy atom. The van der Waals surface area contributed by atoms with Gasteiger partial charge in [0.25, 0.3) is 0 Å². The summed E-state index contributed by atoms with van der Waals surface area (Å²) < 4.78 is 1.54. The van der Waals surface area contributed by atoms with Crippen molar-refractivity contribution in [1.82, 2.24) is 4.57 Å². The number of ketones is 1. The Morgan fingerprint density at radius 1 is 1.07 bits per heavy atom. The highest BCUT2D eigenvalue weighted by atomic mass is 16.2. The van der Waals surface area contributed by atoms with E-state index < -0.39 is 0 Å². The molecule has 1 aliphatic heterocycles. The number of aromatic nitrogens is 1. The third-order valence-corrected chi connectivity index (χ3v) is 2.81. The quantitative estimate of drug-likeness (QED) is 0.652. The molecule has 3 nitrogen and oxygen atoms in total. The van der Waals surface area contributed by atoms with Crippen molar-refractivity contribution in [3.8, 4) is 0 Å². The van der Waals surface area contributed by atoms with Gasteiger partial charge in [-0.25, -0.2) is 0 Å². The van der Waals surface area contributed by atoms with E-state index in [4.69, 9.17) is 0 Å². The minimum atomic E-state index is 0.0193. The maximum absolute atomic E-state index is 11.7. The van der Waals surface area contributed by atoms with Crippen molar-refractivity contribution in [2.45, 2.75) is 12.8 Å². The van der Waals surface area contributed by atoms with Crippen LogP contribution in [0.4, 0.5) is 0 Å². The fourth-order valence-electron chi connectivity index (χ4n) is 2.09. The van der Waals surface area contributed by atoms with Crippen LogP contribution in [-0.2, 0) is 0 Å². The smallest absolute Gasteiger partial charge is 0.232 e. The van der Waals surface area contributed by atoms with E-state index >= 15 is 0 Å². The molecule has 15 heavy (non-hydrogen) atoms. The van der Waals surface area contributed by atoms with Gasteiger partial charge >= 0.3 is 0 Å². The summed E-state index contributed by atoms with van der Waals surface area (Å²) in [6.07, 6.45) is 0.666. The standard InChI is InChI=1S/C12H9NO2/c14-11-5-6-12(15)13-9-4-2-1-3-8(9)7-10(11)13/h1-4,7H,5-6H2. The third kappa shape index (κ3) is 1.06. The Bertz CT molecular complexity index is 580. The number of carbonyl (C=O) groups is 2. The van der Waals surface area contributed by atoms with Crippen LogP contribution in [-0.4, -0.2) is 16.3 Å². The Hall–Kier alpha value is -1.90. The first-order chi connectivity index (χ1) is 7.27. The Balaban J connectivity index is 2.44. The molecule has 2 heterocycles. The SMILES string of the molecule is O=C1CCC(=O)n2c1cc1ccccc12. The van der Waals surface area contributed by atoms with Gasteiger partial charge in [0.1, 0.15) is 0 Å². The predicted octanol–water partition coefficient (Wildman–Crippen LogP) is 2.26. The van der Waals surface area contributed by atoms with Crippen molar-refractivity contribution >= 4 is 22.6 Å². The summed E-state index contributed by atoms with van der Waals surface area (Å²) in [5.41, 5.74) is 1.37. The lowest BCUT2D eigenvalue weighted by Crippen LogP contribution is -2.23. The predicted molar refractivity (Wildman–Crippen MR) is 56.1 cm³/mol. The second kappa shape index (κ2) is 2.79. The highest BCUT2D eigenvalue weighted by molar-refractivity contribution is 6.09. The minimum absolute atomic E-state index is 0.0193. The maximum Gasteiger partial charge on any atom is 0.232 e. The van der Waals surface area contributed by atoms with Crippen LogP contribution in [0.3, 0.4) is 0 Å². The first-order valence-electron chi connectivity index (χ1n) is 4.94.